The van der Waals surface area contributed by atoms with Crippen molar-refractivity contribution < 1.29 is 22.7 Å². The van der Waals surface area contributed by atoms with Crippen molar-refractivity contribution in [2.24, 2.45) is 0 Å². The minimum Gasteiger partial charge on any atom is -0.497 e. The van der Waals surface area contributed by atoms with Crippen LogP contribution in [0.4, 0.5) is 5.69 Å². The van der Waals surface area contributed by atoms with E-state index >= 15 is 0 Å². The van der Waals surface area contributed by atoms with Crippen molar-refractivity contribution in [2.45, 2.75) is 17.7 Å². The normalized spacial score (nSPS) is 11.3. The van der Waals surface area contributed by atoms with E-state index in [1.807, 2.05) is 24.3 Å². The smallest absolute Gasteiger partial charge is 0.242 e. The van der Waals surface area contributed by atoms with E-state index in [1.54, 1.807) is 7.11 Å². The van der Waals surface area contributed by atoms with Crippen molar-refractivity contribution in [3.05, 3.63) is 48.0 Å². The zero-order valence-electron chi connectivity index (χ0n) is 15.9. The van der Waals surface area contributed by atoms with Crippen LogP contribution >= 0.6 is 0 Å². The summed E-state index contributed by atoms with van der Waals surface area (Å²) < 4.78 is 36.0. The van der Waals surface area contributed by atoms with E-state index in [4.69, 9.17) is 9.47 Å². The maximum absolute atomic E-state index is 12.3. The maximum Gasteiger partial charge on any atom is 0.242 e. The number of benzene rings is 2. The number of nitrogens with zero attached hydrogens (tertiary/aromatic N) is 1. The minimum atomic E-state index is -3.61. The molecule has 0 saturated heterocycles. The van der Waals surface area contributed by atoms with Gasteiger partial charge < -0.3 is 14.8 Å². The van der Waals surface area contributed by atoms with Crippen molar-refractivity contribution in [3.63, 3.8) is 0 Å². The monoisotopic (exact) mass is 392 g/mol. The third-order valence-corrected chi connectivity index (χ3v) is 5.83. The van der Waals surface area contributed by atoms with Gasteiger partial charge >= 0.3 is 0 Å². The summed E-state index contributed by atoms with van der Waals surface area (Å²) in [5.74, 6) is 0.917. The van der Waals surface area contributed by atoms with Gasteiger partial charge in [0.1, 0.15) is 11.5 Å². The second-order valence-electron chi connectivity index (χ2n) is 6.05. The van der Waals surface area contributed by atoms with Gasteiger partial charge in [-0.1, -0.05) is 12.1 Å². The Kier molecular flexibility index (Phi) is 6.81. The highest BCUT2D eigenvalue weighted by Gasteiger charge is 2.19. The van der Waals surface area contributed by atoms with Crippen LogP contribution in [0, 0.1) is 0 Å². The standard InChI is InChI=1S/C19H24N2O5S/c1-21(2)27(23,24)16-10-11-18(26-4)17(13-16)20-19(22)12-7-14-5-8-15(25-3)9-6-14/h5-6,8-11,13H,7,12H2,1-4H3,(H,20,22). The molecule has 2 aromatic carbocycles. The van der Waals surface area contributed by atoms with Crippen molar-refractivity contribution in [3.8, 4) is 11.5 Å². The fourth-order valence-electron chi connectivity index (χ4n) is 2.42. The molecule has 7 nitrogen and oxygen atoms in total. The van der Waals surface area contributed by atoms with Gasteiger partial charge in [-0.2, -0.15) is 0 Å². The lowest BCUT2D eigenvalue weighted by Gasteiger charge is -2.15. The number of anilines is 1. The lowest BCUT2D eigenvalue weighted by atomic mass is 10.1. The quantitative estimate of drug-likeness (QED) is 0.746. The summed E-state index contributed by atoms with van der Waals surface area (Å²) in [6.07, 6.45) is 0.800. The highest BCUT2D eigenvalue weighted by molar-refractivity contribution is 7.89. The van der Waals surface area contributed by atoms with Gasteiger partial charge in [0.05, 0.1) is 24.8 Å². The van der Waals surface area contributed by atoms with Gasteiger partial charge in [0.2, 0.25) is 15.9 Å². The molecular weight excluding hydrogens is 368 g/mol. The average Bonchev–Trinajstić information content (AvgIpc) is 2.66. The zero-order valence-corrected chi connectivity index (χ0v) is 16.7. The molecule has 0 aliphatic carbocycles. The highest BCUT2D eigenvalue weighted by atomic mass is 32.2. The first kappa shape index (κ1) is 20.7. The van der Waals surface area contributed by atoms with Crippen LogP contribution in [0.15, 0.2) is 47.4 Å². The number of amides is 1. The fraction of sp³-hybridized carbons (Fsp3) is 0.316. The van der Waals surface area contributed by atoms with E-state index in [0.717, 1.165) is 15.6 Å². The number of hydrogen-bond acceptors (Lipinski definition) is 5. The maximum atomic E-state index is 12.3. The number of sulfonamides is 1. The molecule has 8 heteroatoms. The summed E-state index contributed by atoms with van der Waals surface area (Å²) in [6.45, 7) is 0. The molecule has 2 aromatic rings. The molecule has 2 rings (SSSR count). The van der Waals surface area contributed by atoms with Gasteiger partial charge in [-0.3, -0.25) is 4.79 Å². The first-order chi connectivity index (χ1) is 12.8. The summed E-state index contributed by atoms with van der Waals surface area (Å²) in [4.78, 5) is 12.4. The molecule has 0 fully saturated rings. The zero-order chi connectivity index (χ0) is 20.0. The number of ether oxygens (including phenoxy) is 2. The molecule has 0 saturated carbocycles. The Morgan fingerprint density at radius 1 is 1.04 bits per heavy atom. The van der Waals surface area contributed by atoms with Crippen LogP contribution in [0.5, 0.6) is 11.5 Å². The third kappa shape index (κ3) is 5.21. The summed E-state index contributed by atoms with van der Waals surface area (Å²) in [5.41, 5.74) is 1.32. The molecule has 0 aromatic heterocycles. The summed E-state index contributed by atoms with van der Waals surface area (Å²) in [7, 11) is 2.35. The Morgan fingerprint density at radius 2 is 1.70 bits per heavy atom. The van der Waals surface area contributed by atoms with Gasteiger partial charge in [-0.25, -0.2) is 12.7 Å². The Morgan fingerprint density at radius 3 is 2.26 bits per heavy atom. The largest absolute Gasteiger partial charge is 0.497 e. The first-order valence-corrected chi connectivity index (χ1v) is 9.75. The van der Waals surface area contributed by atoms with Crippen molar-refractivity contribution in [2.75, 3.05) is 33.6 Å². The Hall–Kier alpha value is -2.58. The van der Waals surface area contributed by atoms with E-state index in [0.29, 0.717) is 17.9 Å². The Balaban J connectivity index is 2.11. The van der Waals surface area contributed by atoms with E-state index in [2.05, 4.69) is 5.32 Å². The second kappa shape index (κ2) is 8.88. The van der Waals surface area contributed by atoms with Gasteiger partial charge in [-0.15, -0.1) is 0 Å². The van der Waals surface area contributed by atoms with Crippen LogP contribution in [-0.4, -0.2) is 46.9 Å². The van der Waals surface area contributed by atoms with E-state index < -0.39 is 10.0 Å². The summed E-state index contributed by atoms with van der Waals surface area (Å²) in [5, 5.41) is 2.73. The van der Waals surface area contributed by atoms with Crippen LogP contribution < -0.4 is 14.8 Å². The number of rotatable bonds is 8. The SMILES string of the molecule is COc1ccc(CCC(=O)Nc2cc(S(=O)(=O)N(C)C)ccc2OC)cc1. The molecule has 1 amide bonds. The number of aryl methyl sites for hydroxylation is 1. The molecular formula is C19H24N2O5S. The molecule has 0 bridgehead atoms. The number of carbonyl (C=O) groups excluding carboxylic acids is 1. The predicted molar refractivity (Wildman–Crippen MR) is 104 cm³/mol. The molecule has 0 aliphatic heterocycles. The van der Waals surface area contributed by atoms with Crippen LogP contribution in [0.1, 0.15) is 12.0 Å². The Labute approximate surface area is 160 Å². The number of nitrogens with one attached hydrogen (secondary N) is 1. The van der Waals surface area contributed by atoms with Crippen molar-refractivity contribution in [1.82, 2.24) is 4.31 Å². The molecule has 0 aliphatic rings. The summed E-state index contributed by atoms with van der Waals surface area (Å²) >= 11 is 0. The van der Waals surface area contributed by atoms with E-state index in [9.17, 15) is 13.2 Å². The molecule has 146 valence electrons. The molecule has 0 heterocycles. The number of methoxy groups -OCH3 is 2. The third-order valence-electron chi connectivity index (χ3n) is 4.02. The first-order valence-electron chi connectivity index (χ1n) is 8.31. The molecule has 0 unspecified atom stereocenters. The topological polar surface area (TPSA) is 84.9 Å². The van der Waals surface area contributed by atoms with Crippen molar-refractivity contribution in [1.29, 1.82) is 0 Å². The van der Waals surface area contributed by atoms with Gasteiger partial charge in [-0.05, 0) is 42.3 Å². The van der Waals surface area contributed by atoms with Gasteiger partial charge in [0.15, 0.2) is 0 Å². The summed E-state index contributed by atoms with van der Waals surface area (Å²) in [6, 6.07) is 11.8. The highest BCUT2D eigenvalue weighted by Crippen LogP contribution is 2.28. The van der Waals surface area contributed by atoms with Crippen LogP contribution in [0.3, 0.4) is 0 Å². The number of carbonyl (C=O) groups is 1. The fourth-order valence-corrected chi connectivity index (χ4v) is 3.35. The molecule has 0 atom stereocenters. The minimum absolute atomic E-state index is 0.0822. The van der Waals surface area contributed by atoms with Crippen LogP contribution in [-0.2, 0) is 21.2 Å². The lowest BCUT2D eigenvalue weighted by molar-refractivity contribution is -0.116. The molecule has 27 heavy (non-hydrogen) atoms. The average molecular weight is 392 g/mol. The van der Waals surface area contributed by atoms with Gasteiger partial charge in [0.25, 0.3) is 0 Å². The van der Waals surface area contributed by atoms with Crippen LogP contribution in [0.2, 0.25) is 0 Å². The molecule has 0 spiro atoms. The van der Waals surface area contributed by atoms with Crippen LogP contribution in [0.25, 0.3) is 0 Å². The molecule has 1 N–H and O–H groups in total. The lowest BCUT2D eigenvalue weighted by Crippen LogP contribution is -2.22. The predicted octanol–water partition coefficient (Wildman–Crippen LogP) is 2.53. The molecule has 0 radical (unpaired) electrons. The number of hydrogen-bond donors (Lipinski definition) is 1. The Bertz CT molecular complexity index is 893. The van der Waals surface area contributed by atoms with E-state index in [-0.39, 0.29) is 17.2 Å². The second-order valence-corrected chi connectivity index (χ2v) is 8.20. The van der Waals surface area contributed by atoms with E-state index in [1.165, 1.54) is 39.4 Å². The van der Waals surface area contributed by atoms with Crippen molar-refractivity contribution >= 4 is 21.6 Å². The van der Waals surface area contributed by atoms with Gasteiger partial charge in [0, 0.05) is 20.5 Å².